The minimum absolute atomic E-state index is 0.159. The lowest BCUT2D eigenvalue weighted by Gasteiger charge is -2.03. The van der Waals surface area contributed by atoms with Gasteiger partial charge in [-0.25, -0.2) is 4.21 Å². The highest BCUT2D eigenvalue weighted by Crippen LogP contribution is 2.06. The van der Waals surface area contributed by atoms with E-state index in [2.05, 4.69) is 0 Å². The number of hydrogen-bond donors (Lipinski definition) is 1. The summed E-state index contributed by atoms with van der Waals surface area (Å²) in [5.41, 5.74) is 0. The lowest BCUT2D eigenvalue weighted by atomic mass is 10.2. The van der Waals surface area contributed by atoms with Gasteiger partial charge in [0.2, 0.25) is 0 Å². The lowest BCUT2D eigenvalue weighted by Crippen LogP contribution is -2.08. The zero-order chi connectivity index (χ0) is 8.69. The van der Waals surface area contributed by atoms with Gasteiger partial charge in [0.25, 0.3) is 0 Å². The van der Waals surface area contributed by atoms with E-state index in [-0.39, 0.29) is 5.25 Å². The standard InChI is InChI=1S/C7H13NO2S/c1-7(11(9)10)5-3-2-4-6-8/h7H,2-5H2,1H3,(H,9,10). The number of rotatable bonds is 5. The maximum atomic E-state index is 10.4. The molecule has 0 fully saturated rings. The van der Waals surface area contributed by atoms with Crippen molar-refractivity contribution in [3.05, 3.63) is 0 Å². The second kappa shape index (κ2) is 6.32. The van der Waals surface area contributed by atoms with E-state index >= 15 is 0 Å². The van der Waals surface area contributed by atoms with E-state index in [4.69, 9.17) is 9.81 Å². The highest BCUT2D eigenvalue weighted by molar-refractivity contribution is 7.79. The van der Waals surface area contributed by atoms with Crippen LogP contribution in [0.25, 0.3) is 0 Å². The molecule has 2 unspecified atom stereocenters. The molecular weight excluding hydrogens is 162 g/mol. The number of nitriles is 1. The molecule has 2 atom stereocenters. The Hall–Kier alpha value is -0.400. The summed E-state index contributed by atoms with van der Waals surface area (Å²) in [6.45, 7) is 1.74. The van der Waals surface area contributed by atoms with E-state index < -0.39 is 11.1 Å². The molecule has 0 radical (unpaired) electrons. The molecule has 3 nitrogen and oxygen atoms in total. The molecule has 1 N–H and O–H groups in total. The van der Waals surface area contributed by atoms with Crippen LogP contribution in [0.1, 0.15) is 32.6 Å². The average molecular weight is 175 g/mol. The van der Waals surface area contributed by atoms with Gasteiger partial charge in [-0.1, -0.05) is 6.42 Å². The normalized spacial score (nSPS) is 15.4. The summed E-state index contributed by atoms with van der Waals surface area (Å²) in [6, 6.07) is 2.03. The van der Waals surface area contributed by atoms with E-state index in [1.165, 1.54) is 0 Å². The van der Waals surface area contributed by atoms with E-state index in [0.29, 0.717) is 6.42 Å². The molecule has 0 bridgehead atoms. The van der Waals surface area contributed by atoms with Crippen molar-refractivity contribution >= 4 is 11.1 Å². The first-order chi connectivity index (χ1) is 5.18. The summed E-state index contributed by atoms with van der Waals surface area (Å²) < 4.78 is 19.0. The summed E-state index contributed by atoms with van der Waals surface area (Å²) in [5.74, 6) is 0. The van der Waals surface area contributed by atoms with Gasteiger partial charge in [0.1, 0.15) is 0 Å². The Balaban J connectivity index is 3.26. The summed E-state index contributed by atoms with van der Waals surface area (Å²) in [6.07, 6.45) is 2.97. The van der Waals surface area contributed by atoms with E-state index in [0.717, 1.165) is 19.3 Å². The Morgan fingerprint density at radius 3 is 2.73 bits per heavy atom. The maximum absolute atomic E-state index is 10.4. The van der Waals surface area contributed by atoms with Gasteiger partial charge in [0.05, 0.1) is 11.3 Å². The Morgan fingerprint density at radius 1 is 1.64 bits per heavy atom. The van der Waals surface area contributed by atoms with Crippen molar-refractivity contribution in [2.75, 3.05) is 0 Å². The summed E-state index contributed by atoms with van der Waals surface area (Å²) in [7, 11) is 0. The van der Waals surface area contributed by atoms with E-state index in [1.807, 2.05) is 6.07 Å². The zero-order valence-electron chi connectivity index (χ0n) is 6.62. The van der Waals surface area contributed by atoms with Crippen LogP contribution in [0.2, 0.25) is 0 Å². The van der Waals surface area contributed by atoms with Crippen LogP contribution in [0.15, 0.2) is 0 Å². The van der Waals surface area contributed by atoms with Gasteiger partial charge < -0.3 is 4.55 Å². The largest absolute Gasteiger partial charge is 0.306 e. The Bertz CT molecular complexity index is 164. The fraction of sp³-hybridized carbons (Fsp3) is 0.857. The van der Waals surface area contributed by atoms with Crippen LogP contribution in [-0.4, -0.2) is 14.0 Å². The quantitative estimate of drug-likeness (QED) is 0.511. The molecule has 0 amide bonds. The Labute approximate surface area is 69.7 Å². The third kappa shape index (κ3) is 6.02. The number of nitrogens with zero attached hydrogens (tertiary/aromatic N) is 1. The molecule has 0 aromatic rings. The molecule has 0 aliphatic carbocycles. The van der Waals surface area contributed by atoms with E-state index in [9.17, 15) is 4.21 Å². The number of hydrogen-bond acceptors (Lipinski definition) is 2. The lowest BCUT2D eigenvalue weighted by molar-refractivity contribution is 0.539. The van der Waals surface area contributed by atoms with Crippen LogP contribution in [0.4, 0.5) is 0 Å². The summed E-state index contributed by atoms with van der Waals surface area (Å²) in [5, 5.41) is 8.02. The second-order valence-corrected chi connectivity index (χ2v) is 3.85. The highest BCUT2D eigenvalue weighted by Gasteiger charge is 2.06. The molecule has 4 heteroatoms. The fourth-order valence-electron chi connectivity index (χ4n) is 0.737. The van der Waals surface area contributed by atoms with Crippen LogP contribution >= 0.6 is 0 Å². The van der Waals surface area contributed by atoms with Gasteiger partial charge in [-0.3, -0.25) is 0 Å². The molecule has 0 aromatic carbocycles. The van der Waals surface area contributed by atoms with E-state index in [1.54, 1.807) is 6.92 Å². The predicted octanol–water partition coefficient (Wildman–Crippen LogP) is 1.68. The zero-order valence-corrected chi connectivity index (χ0v) is 7.43. The van der Waals surface area contributed by atoms with Crippen molar-refractivity contribution in [2.45, 2.75) is 37.9 Å². The molecule has 0 saturated carbocycles. The third-order valence-corrected chi connectivity index (χ3v) is 2.42. The van der Waals surface area contributed by atoms with Crippen LogP contribution < -0.4 is 0 Å². The first-order valence-corrected chi connectivity index (χ1v) is 4.82. The summed E-state index contributed by atoms with van der Waals surface area (Å²) >= 11 is -1.70. The van der Waals surface area contributed by atoms with Crippen molar-refractivity contribution in [1.29, 1.82) is 5.26 Å². The fourth-order valence-corrected chi connectivity index (χ4v) is 1.10. The van der Waals surface area contributed by atoms with Crippen molar-refractivity contribution in [3.63, 3.8) is 0 Å². The van der Waals surface area contributed by atoms with Crippen molar-refractivity contribution in [3.8, 4) is 6.07 Å². The minimum atomic E-state index is -1.70. The van der Waals surface area contributed by atoms with Crippen LogP contribution in [-0.2, 0) is 11.1 Å². The van der Waals surface area contributed by atoms with Crippen molar-refractivity contribution < 1.29 is 8.76 Å². The van der Waals surface area contributed by atoms with Gasteiger partial charge in [0.15, 0.2) is 11.1 Å². The molecule has 0 aliphatic heterocycles. The van der Waals surface area contributed by atoms with Crippen LogP contribution in [0.5, 0.6) is 0 Å². The van der Waals surface area contributed by atoms with Crippen LogP contribution in [0.3, 0.4) is 0 Å². The van der Waals surface area contributed by atoms with Gasteiger partial charge >= 0.3 is 0 Å². The first-order valence-electron chi connectivity index (χ1n) is 3.65. The molecule has 11 heavy (non-hydrogen) atoms. The number of unbranched alkanes of at least 4 members (excludes halogenated alkanes) is 2. The Kier molecular flexibility index (Phi) is 6.09. The molecule has 64 valence electrons. The molecular formula is C7H13NO2S. The molecule has 0 heterocycles. The monoisotopic (exact) mass is 175 g/mol. The predicted molar refractivity (Wildman–Crippen MR) is 44.3 cm³/mol. The average Bonchev–Trinajstić information content (AvgIpc) is 1.97. The third-order valence-electron chi connectivity index (χ3n) is 1.49. The van der Waals surface area contributed by atoms with Gasteiger partial charge in [-0.05, 0) is 19.8 Å². The maximum Gasteiger partial charge on any atom is 0.155 e. The summed E-state index contributed by atoms with van der Waals surface area (Å²) in [4.78, 5) is 0. The minimum Gasteiger partial charge on any atom is -0.306 e. The molecule has 0 aromatic heterocycles. The smallest absolute Gasteiger partial charge is 0.155 e. The van der Waals surface area contributed by atoms with Crippen LogP contribution in [0, 0.1) is 11.3 Å². The topological polar surface area (TPSA) is 61.1 Å². The molecule has 0 aliphatic rings. The van der Waals surface area contributed by atoms with Gasteiger partial charge in [0, 0.05) is 6.42 Å². The molecule has 0 saturated heterocycles. The molecule has 0 rings (SSSR count). The Morgan fingerprint density at radius 2 is 2.27 bits per heavy atom. The van der Waals surface area contributed by atoms with Gasteiger partial charge in [-0.15, -0.1) is 0 Å². The highest BCUT2D eigenvalue weighted by atomic mass is 32.2. The first kappa shape index (κ1) is 10.6. The van der Waals surface area contributed by atoms with Crippen molar-refractivity contribution in [1.82, 2.24) is 0 Å². The molecule has 0 spiro atoms. The van der Waals surface area contributed by atoms with Crippen molar-refractivity contribution in [2.24, 2.45) is 0 Å². The van der Waals surface area contributed by atoms with Gasteiger partial charge in [-0.2, -0.15) is 5.26 Å². The second-order valence-electron chi connectivity index (χ2n) is 2.49. The SMILES string of the molecule is CC(CCCCC#N)S(=O)O.